The Labute approximate surface area is 133 Å². The number of amides is 1. The summed E-state index contributed by atoms with van der Waals surface area (Å²) in [7, 11) is 0. The van der Waals surface area contributed by atoms with E-state index in [9.17, 15) is 4.79 Å². The number of benzene rings is 1. The third-order valence-electron chi connectivity index (χ3n) is 3.88. The van der Waals surface area contributed by atoms with Crippen LogP contribution in [0.4, 0.5) is 0 Å². The zero-order chi connectivity index (χ0) is 15.6. The van der Waals surface area contributed by atoms with Crippen molar-refractivity contribution in [3.63, 3.8) is 0 Å². The van der Waals surface area contributed by atoms with E-state index in [0.29, 0.717) is 6.54 Å². The third kappa shape index (κ3) is 6.00. The zero-order valence-electron chi connectivity index (χ0n) is 13.5. The van der Waals surface area contributed by atoms with Crippen molar-refractivity contribution in [3.05, 3.63) is 42.0 Å². The normalized spacial score (nSPS) is 17.0. The van der Waals surface area contributed by atoms with Gasteiger partial charge in [0.2, 0.25) is 5.91 Å². The summed E-state index contributed by atoms with van der Waals surface area (Å²) in [5.74, 6) is 0.152. The quantitative estimate of drug-likeness (QED) is 0.835. The van der Waals surface area contributed by atoms with Gasteiger partial charge in [0.05, 0.1) is 6.54 Å². The van der Waals surface area contributed by atoms with Crippen molar-refractivity contribution >= 4 is 12.0 Å². The third-order valence-corrected chi connectivity index (χ3v) is 3.88. The summed E-state index contributed by atoms with van der Waals surface area (Å²) < 4.78 is 0. The SMILES string of the molecule is CCCNC(=O)CN1CCN(C/C=C/c2ccccc2)CC1. The van der Waals surface area contributed by atoms with E-state index in [0.717, 1.165) is 45.7 Å². The second-order valence-electron chi connectivity index (χ2n) is 5.74. The molecule has 0 bridgehead atoms. The molecule has 4 heteroatoms. The van der Waals surface area contributed by atoms with Crippen molar-refractivity contribution in [3.8, 4) is 0 Å². The van der Waals surface area contributed by atoms with Crippen LogP contribution in [0.2, 0.25) is 0 Å². The van der Waals surface area contributed by atoms with Crippen molar-refractivity contribution in [1.82, 2.24) is 15.1 Å². The predicted molar refractivity (Wildman–Crippen MR) is 91.7 cm³/mol. The Morgan fingerprint density at radius 3 is 2.50 bits per heavy atom. The second-order valence-corrected chi connectivity index (χ2v) is 5.74. The number of hydrogen-bond acceptors (Lipinski definition) is 3. The number of carbonyl (C=O) groups excluding carboxylic acids is 1. The molecule has 0 unspecified atom stereocenters. The zero-order valence-corrected chi connectivity index (χ0v) is 13.5. The first-order valence-corrected chi connectivity index (χ1v) is 8.21. The average molecular weight is 301 g/mol. The number of nitrogens with one attached hydrogen (secondary N) is 1. The van der Waals surface area contributed by atoms with E-state index in [1.54, 1.807) is 0 Å². The van der Waals surface area contributed by atoms with E-state index in [2.05, 4.69) is 58.5 Å². The number of nitrogens with zero attached hydrogens (tertiary/aromatic N) is 2. The number of hydrogen-bond donors (Lipinski definition) is 1. The number of carbonyl (C=O) groups is 1. The highest BCUT2D eigenvalue weighted by Gasteiger charge is 2.17. The monoisotopic (exact) mass is 301 g/mol. The highest BCUT2D eigenvalue weighted by molar-refractivity contribution is 5.77. The fourth-order valence-electron chi connectivity index (χ4n) is 2.56. The Hall–Kier alpha value is -1.65. The van der Waals surface area contributed by atoms with Gasteiger partial charge in [0.15, 0.2) is 0 Å². The molecule has 1 aromatic rings. The molecule has 22 heavy (non-hydrogen) atoms. The van der Waals surface area contributed by atoms with Crippen molar-refractivity contribution < 1.29 is 4.79 Å². The molecule has 0 radical (unpaired) electrons. The minimum atomic E-state index is 0.152. The molecule has 4 nitrogen and oxygen atoms in total. The van der Waals surface area contributed by atoms with Gasteiger partial charge < -0.3 is 5.32 Å². The first-order valence-electron chi connectivity index (χ1n) is 8.21. The van der Waals surface area contributed by atoms with Crippen molar-refractivity contribution in [2.45, 2.75) is 13.3 Å². The lowest BCUT2D eigenvalue weighted by atomic mass is 10.2. The van der Waals surface area contributed by atoms with Gasteiger partial charge in [-0.05, 0) is 12.0 Å². The van der Waals surface area contributed by atoms with Gasteiger partial charge in [-0.1, -0.05) is 49.4 Å². The van der Waals surface area contributed by atoms with Crippen LogP contribution in [0.15, 0.2) is 36.4 Å². The lowest BCUT2D eigenvalue weighted by Crippen LogP contribution is -2.49. The van der Waals surface area contributed by atoms with Crippen molar-refractivity contribution in [2.75, 3.05) is 45.8 Å². The smallest absolute Gasteiger partial charge is 0.234 e. The first kappa shape index (κ1) is 16.7. The molecule has 1 heterocycles. The Balaban J connectivity index is 1.65. The molecule has 0 saturated carbocycles. The van der Waals surface area contributed by atoms with E-state index in [1.807, 2.05) is 6.07 Å². The minimum absolute atomic E-state index is 0.152. The molecule has 0 aliphatic carbocycles. The molecular formula is C18H27N3O. The fraction of sp³-hybridized carbons (Fsp3) is 0.500. The second kappa shape index (κ2) is 9.38. The van der Waals surface area contributed by atoms with Gasteiger partial charge >= 0.3 is 0 Å². The van der Waals surface area contributed by atoms with E-state index in [-0.39, 0.29) is 5.91 Å². The molecule has 2 rings (SSSR count). The van der Waals surface area contributed by atoms with Crippen LogP contribution >= 0.6 is 0 Å². The summed E-state index contributed by atoms with van der Waals surface area (Å²) in [5.41, 5.74) is 1.24. The Bertz CT molecular complexity index is 464. The molecule has 1 fully saturated rings. The molecule has 0 atom stereocenters. The highest BCUT2D eigenvalue weighted by atomic mass is 16.2. The topological polar surface area (TPSA) is 35.6 Å². The van der Waals surface area contributed by atoms with E-state index in [1.165, 1.54) is 5.56 Å². The van der Waals surface area contributed by atoms with Gasteiger partial charge in [-0.3, -0.25) is 14.6 Å². The van der Waals surface area contributed by atoms with Gasteiger partial charge in [0, 0.05) is 39.3 Å². The van der Waals surface area contributed by atoms with Crippen LogP contribution in [-0.4, -0.2) is 61.5 Å². The molecule has 1 amide bonds. The van der Waals surface area contributed by atoms with Crippen LogP contribution < -0.4 is 5.32 Å². The van der Waals surface area contributed by atoms with Crippen LogP contribution in [0, 0.1) is 0 Å². The molecule has 1 aromatic carbocycles. The van der Waals surface area contributed by atoms with Gasteiger partial charge in [-0.25, -0.2) is 0 Å². The molecule has 1 N–H and O–H groups in total. The summed E-state index contributed by atoms with van der Waals surface area (Å²) in [6.45, 7) is 8.36. The predicted octanol–water partition coefficient (Wildman–Crippen LogP) is 1.84. The molecule has 1 aliphatic rings. The molecule has 1 saturated heterocycles. The number of rotatable bonds is 7. The lowest BCUT2D eigenvalue weighted by Gasteiger charge is -2.33. The van der Waals surface area contributed by atoms with Crippen LogP contribution in [0.25, 0.3) is 6.08 Å². The van der Waals surface area contributed by atoms with Gasteiger partial charge in [-0.2, -0.15) is 0 Å². The summed E-state index contributed by atoms with van der Waals surface area (Å²) in [4.78, 5) is 16.4. The minimum Gasteiger partial charge on any atom is -0.355 e. The summed E-state index contributed by atoms with van der Waals surface area (Å²) >= 11 is 0. The van der Waals surface area contributed by atoms with Crippen LogP contribution in [-0.2, 0) is 4.79 Å². The summed E-state index contributed by atoms with van der Waals surface area (Å²) in [6.07, 6.45) is 5.39. The van der Waals surface area contributed by atoms with Crippen LogP contribution in [0.5, 0.6) is 0 Å². The molecule has 0 spiro atoms. The molecule has 120 valence electrons. The van der Waals surface area contributed by atoms with Gasteiger partial charge in [0.1, 0.15) is 0 Å². The van der Waals surface area contributed by atoms with Crippen LogP contribution in [0.3, 0.4) is 0 Å². The fourth-order valence-corrected chi connectivity index (χ4v) is 2.56. The first-order chi connectivity index (χ1) is 10.8. The maximum absolute atomic E-state index is 11.7. The summed E-state index contributed by atoms with van der Waals surface area (Å²) in [6, 6.07) is 10.4. The lowest BCUT2D eigenvalue weighted by molar-refractivity contribution is -0.122. The van der Waals surface area contributed by atoms with Gasteiger partial charge in [-0.15, -0.1) is 0 Å². The number of piperazine rings is 1. The van der Waals surface area contributed by atoms with Gasteiger partial charge in [0.25, 0.3) is 0 Å². The Morgan fingerprint density at radius 2 is 1.82 bits per heavy atom. The van der Waals surface area contributed by atoms with E-state index >= 15 is 0 Å². The average Bonchev–Trinajstić information content (AvgIpc) is 2.55. The maximum Gasteiger partial charge on any atom is 0.234 e. The largest absolute Gasteiger partial charge is 0.355 e. The highest BCUT2D eigenvalue weighted by Crippen LogP contribution is 2.04. The molecule has 1 aliphatic heterocycles. The molecular weight excluding hydrogens is 274 g/mol. The standard InChI is InChI=1S/C18H27N3O/c1-2-10-19-18(22)16-21-14-12-20(13-15-21)11-6-9-17-7-4-3-5-8-17/h3-9H,2,10-16H2,1H3,(H,19,22)/b9-6+. The molecule has 0 aromatic heterocycles. The van der Waals surface area contributed by atoms with Crippen molar-refractivity contribution in [1.29, 1.82) is 0 Å². The van der Waals surface area contributed by atoms with E-state index in [4.69, 9.17) is 0 Å². The summed E-state index contributed by atoms with van der Waals surface area (Å²) in [5, 5.41) is 2.94. The van der Waals surface area contributed by atoms with E-state index < -0.39 is 0 Å². The van der Waals surface area contributed by atoms with Crippen molar-refractivity contribution in [2.24, 2.45) is 0 Å². The Kier molecular flexibility index (Phi) is 7.13. The Morgan fingerprint density at radius 1 is 1.14 bits per heavy atom. The maximum atomic E-state index is 11.7. The van der Waals surface area contributed by atoms with Crippen LogP contribution in [0.1, 0.15) is 18.9 Å².